The smallest absolute Gasteiger partial charge is 0.586 e. The van der Waals surface area contributed by atoms with Crippen LogP contribution < -0.4 is 14.4 Å². The monoisotopic (exact) mass is 619 g/mol. The quantitative estimate of drug-likeness (QED) is 0.182. The van der Waals surface area contributed by atoms with Gasteiger partial charge in [-0.3, -0.25) is 9.30 Å². The van der Waals surface area contributed by atoms with E-state index in [1.165, 1.54) is 13.8 Å². The molecule has 3 aromatic rings. The van der Waals surface area contributed by atoms with Gasteiger partial charge >= 0.3 is 24.5 Å². The van der Waals surface area contributed by atoms with Crippen LogP contribution in [0.2, 0.25) is 0 Å². The van der Waals surface area contributed by atoms with Gasteiger partial charge in [0.2, 0.25) is 5.82 Å². The first-order chi connectivity index (χ1) is 19.4. The fraction of sp³-hybridized carbons (Fsp3) is 0.423. The molecule has 0 fully saturated rings. The highest BCUT2D eigenvalue weighted by Crippen LogP contribution is 2.43. The molecule has 0 spiro atoms. The van der Waals surface area contributed by atoms with Gasteiger partial charge in [-0.15, -0.1) is 8.78 Å². The molecule has 16 heteroatoms. The van der Waals surface area contributed by atoms with Gasteiger partial charge in [-0.25, -0.2) is 14.6 Å². The van der Waals surface area contributed by atoms with Crippen LogP contribution in [0.5, 0.6) is 11.5 Å². The third-order valence-corrected chi connectivity index (χ3v) is 7.02. The third-order valence-electron chi connectivity index (χ3n) is 5.68. The molecule has 0 saturated carbocycles. The lowest BCUT2D eigenvalue weighted by molar-refractivity contribution is -0.286. The second-order valence-electron chi connectivity index (χ2n) is 9.93. The number of fused-ring (bicyclic) bond motifs is 2. The summed E-state index contributed by atoms with van der Waals surface area (Å²) >= 11 is -1.98. The number of halogens is 5. The molecule has 42 heavy (non-hydrogen) atoms. The minimum atomic E-state index is -4.74. The van der Waals surface area contributed by atoms with Crippen molar-refractivity contribution in [1.29, 1.82) is 0 Å². The van der Waals surface area contributed by atoms with E-state index in [4.69, 9.17) is 9.47 Å². The molecule has 0 N–H and O–H groups in total. The molecule has 2 aromatic heterocycles. The Morgan fingerprint density at radius 2 is 1.76 bits per heavy atom. The van der Waals surface area contributed by atoms with Crippen LogP contribution in [0.25, 0.3) is 5.65 Å². The highest BCUT2D eigenvalue weighted by Gasteiger charge is 2.45. The SMILES string of the molecule is CCOC(=O)c1cc2c(cc1CN(C(=O)OC(C)(C)C)c1nc3ccc(C(F)(F)F)cn3c1[S+]([O-])CC)OC(F)(F)O2. The number of aromatic nitrogens is 2. The fourth-order valence-corrected chi connectivity index (χ4v) is 4.98. The Morgan fingerprint density at radius 3 is 2.33 bits per heavy atom. The van der Waals surface area contributed by atoms with Gasteiger partial charge < -0.3 is 23.5 Å². The second kappa shape index (κ2) is 11.1. The van der Waals surface area contributed by atoms with Crippen LogP contribution in [0.3, 0.4) is 0 Å². The maximum Gasteiger partial charge on any atom is 0.586 e. The Hall–Kier alpha value is -3.79. The van der Waals surface area contributed by atoms with E-state index in [-0.39, 0.29) is 40.0 Å². The Kier molecular flexibility index (Phi) is 8.25. The summed E-state index contributed by atoms with van der Waals surface area (Å²) in [6, 6.07) is 3.82. The standard InChI is InChI=1S/C26H26F5N3O7S/c1-6-38-22(35)16-11-18-17(39-26(30,31)40-18)10-14(16)12-34(23(36)41-24(3,4)5)20-21(42(37)7-2)33-13-15(25(27,28)29)8-9-19(33)32-20/h8-11,13H,6-7,12H2,1-5H3. The normalized spacial score (nSPS) is 15.0. The van der Waals surface area contributed by atoms with Gasteiger partial charge in [-0.05, 0) is 64.4 Å². The summed E-state index contributed by atoms with van der Waals surface area (Å²) in [6.45, 7) is 7.02. The van der Waals surface area contributed by atoms with Gasteiger partial charge in [0, 0.05) is 17.4 Å². The van der Waals surface area contributed by atoms with Crippen molar-refractivity contribution in [1.82, 2.24) is 9.38 Å². The molecule has 4 rings (SSSR count). The number of benzene rings is 1. The summed E-state index contributed by atoms with van der Waals surface area (Å²) < 4.78 is 102. The maximum absolute atomic E-state index is 13.8. The molecule has 0 radical (unpaired) electrons. The lowest BCUT2D eigenvalue weighted by Gasteiger charge is -2.27. The summed E-state index contributed by atoms with van der Waals surface area (Å²) in [5.41, 5.74) is -2.56. The number of imidazole rings is 1. The third kappa shape index (κ3) is 6.48. The van der Waals surface area contributed by atoms with Crippen molar-refractivity contribution >= 4 is 34.7 Å². The number of esters is 1. The van der Waals surface area contributed by atoms with Crippen molar-refractivity contribution in [3.05, 3.63) is 47.2 Å². The molecule has 1 unspecified atom stereocenters. The predicted molar refractivity (Wildman–Crippen MR) is 138 cm³/mol. The van der Waals surface area contributed by atoms with Crippen molar-refractivity contribution in [2.45, 2.75) is 64.3 Å². The number of alkyl halides is 5. The first-order valence-corrected chi connectivity index (χ1v) is 13.8. The average molecular weight is 620 g/mol. The van der Waals surface area contributed by atoms with E-state index < -0.39 is 64.9 Å². The fourth-order valence-electron chi connectivity index (χ4n) is 3.98. The topological polar surface area (TPSA) is 115 Å². The van der Waals surface area contributed by atoms with Crippen LogP contribution in [0.4, 0.5) is 32.6 Å². The zero-order valence-electron chi connectivity index (χ0n) is 23.0. The highest BCUT2D eigenvalue weighted by molar-refractivity contribution is 7.91. The summed E-state index contributed by atoms with van der Waals surface area (Å²) in [7, 11) is 0. The highest BCUT2D eigenvalue weighted by atomic mass is 32.2. The van der Waals surface area contributed by atoms with Gasteiger partial charge in [0.05, 0.1) is 24.3 Å². The Bertz CT molecular complexity index is 1520. The number of carbonyl (C=O) groups is 2. The number of hydrogen-bond donors (Lipinski definition) is 0. The van der Waals surface area contributed by atoms with Crippen LogP contribution in [0.15, 0.2) is 35.5 Å². The number of hydrogen-bond acceptors (Lipinski definition) is 8. The lowest BCUT2D eigenvalue weighted by Crippen LogP contribution is -2.38. The Labute approximate surface area is 239 Å². The van der Waals surface area contributed by atoms with Crippen molar-refractivity contribution in [3.8, 4) is 11.5 Å². The molecular weight excluding hydrogens is 593 g/mol. The van der Waals surface area contributed by atoms with Crippen LogP contribution in [-0.2, 0) is 33.4 Å². The lowest BCUT2D eigenvalue weighted by atomic mass is 10.1. The van der Waals surface area contributed by atoms with Crippen molar-refractivity contribution in [2.24, 2.45) is 0 Å². The first kappa shape index (κ1) is 31.2. The van der Waals surface area contributed by atoms with E-state index in [0.29, 0.717) is 6.20 Å². The maximum atomic E-state index is 13.8. The second-order valence-corrected chi connectivity index (χ2v) is 11.6. The zero-order chi connectivity index (χ0) is 31.2. The van der Waals surface area contributed by atoms with E-state index in [1.807, 2.05) is 0 Å². The van der Waals surface area contributed by atoms with E-state index in [0.717, 1.165) is 33.6 Å². The molecule has 0 aliphatic carbocycles. The molecule has 1 aliphatic heterocycles. The summed E-state index contributed by atoms with van der Waals surface area (Å²) in [6.07, 6.45) is -9.14. The predicted octanol–water partition coefficient (Wildman–Crippen LogP) is 5.92. The number of carbonyl (C=O) groups excluding carboxylic acids is 2. The van der Waals surface area contributed by atoms with E-state index >= 15 is 0 Å². The summed E-state index contributed by atoms with van der Waals surface area (Å²) in [5, 5.41) is -0.255. The zero-order valence-corrected chi connectivity index (χ0v) is 23.8. The molecule has 1 atom stereocenters. The molecule has 0 bridgehead atoms. The average Bonchev–Trinajstić information content (AvgIpc) is 3.39. The molecule has 3 heterocycles. The van der Waals surface area contributed by atoms with Crippen molar-refractivity contribution < 1.29 is 55.0 Å². The number of rotatable bonds is 7. The number of ether oxygens (including phenoxy) is 4. The van der Waals surface area contributed by atoms with Gasteiger partial charge in [-0.1, -0.05) is 0 Å². The number of pyridine rings is 1. The number of nitrogens with zero attached hydrogens (tertiary/aromatic N) is 3. The molecule has 228 valence electrons. The molecule has 10 nitrogen and oxygen atoms in total. The molecule has 1 amide bonds. The van der Waals surface area contributed by atoms with Crippen LogP contribution in [0.1, 0.15) is 56.1 Å². The molecule has 1 aliphatic rings. The Morgan fingerprint density at radius 1 is 1.12 bits per heavy atom. The molecular formula is C26H26F5N3O7S. The Balaban J connectivity index is 1.93. The summed E-state index contributed by atoms with van der Waals surface area (Å²) in [4.78, 5) is 31.5. The van der Waals surface area contributed by atoms with E-state index in [1.54, 1.807) is 20.8 Å². The van der Waals surface area contributed by atoms with Crippen molar-refractivity contribution in [3.63, 3.8) is 0 Å². The van der Waals surface area contributed by atoms with Crippen molar-refractivity contribution in [2.75, 3.05) is 17.3 Å². The minimum absolute atomic E-state index is 0.0631. The first-order valence-electron chi connectivity index (χ1n) is 12.5. The molecule has 0 saturated heterocycles. The largest absolute Gasteiger partial charge is 0.610 e. The molecule has 1 aromatic carbocycles. The van der Waals surface area contributed by atoms with Gasteiger partial charge in [-0.2, -0.15) is 13.2 Å². The van der Waals surface area contributed by atoms with Crippen LogP contribution in [-0.4, -0.2) is 50.3 Å². The van der Waals surface area contributed by atoms with Crippen LogP contribution in [0, 0.1) is 0 Å². The number of anilines is 1. The van der Waals surface area contributed by atoms with Crippen LogP contribution >= 0.6 is 0 Å². The summed E-state index contributed by atoms with van der Waals surface area (Å²) in [5.74, 6) is -2.25. The van der Waals surface area contributed by atoms with Gasteiger partial charge in [0.25, 0.3) is 5.03 Å². The van der Waals surface area contributed by atoms with E-state index in [9.17, 15) is 36.1 Å². The number of amides is 1. The van der Waals surface area contributed by atoms with Gasteiger partial charge in [0.15, 0.2) is 11.5 Å². The minimum Gasteiger partial charge on any atom is -0.610 e. The van der Waals surface area contributed by atoms with E-state index in [2.05, 4.69) is 14.5 Å². The van der Waals surface area contributed by atoms with Gasteiger partial charge in [0.1, 0.15) is 17.0 Å².